The molecular formula is C20H27N3O4S. The average molecular weight is 406 g/mol. The molecule has 3 rings (SSSR count). The van der Waals surface area contributed by atoms with Crippen LogP contribution in [0, 0.1) is 12.8 Å². The molecule has 1 aliphatic carbocycles. The van der Waals surface area contributed by atoms with E-state index in [1.807, 2.05) is 13.8 Å². The molecule has 1 aliphatic rings. The molecule has 1 amide bonds. The Morgan fingerprint density at radius 3 is 2.71 bits per heavy atom. The van der Waals surface area contributed by atoms with Gasteiger partial charge in [-0.2, -0.15) is 0 Å². The van der Waals surface area contributed by atoms with Gasteiger partial charge in [0.05, 0.1) is 11.7 Å². The number of hydrogen-bond donors (Lipinski definition) is 1. The standard InChI is InChI=1S/C20H27N3O4S/c1-12(2)9-21-15(24)10-23-11-22-18-16(19(23)25)13(3)17(28-18)20(26)27-14-7-5-4-6-8-14/h11-12,14H,4-10H2,1-3H3,(H,21,24). The van der Waals surface area contributed by atoms with Crippen molar-refractivity contribution in [1.82, 2.24) is 14.9 Å². The summed E-state index contributed by atoms with van der Waals surface area (Å²) in [5.74, 6) is -0.284. The highest BCUT2D eigenvalue weighted by molar-refractivity contribution is 7.20. The fourth-order valence-electron chi connectivity index (χ4n) is 3.38. The highest BCUT2D eigenvalue weighted by atomic mass is 32.1. The van der Waals surface area contributed by atoms with Gasteiger partial charge in [0.2, 0.25) is 5.91 Å². The van der Waals surface area contributed by atoms with Crippen LogP contribution in [0.2, 0.25) is 0 Å². The number of carbonyl (C=O) groups excluding carboxylic acids is 2. The van der Waals surface area contributed by atoms with Gasteiger partial charge in [-0.05, 0) is 44.1 Å². The number of rotatable bonds is 6. The minimum Gasteiger partial charge on any atom is -0.458 e. The highest BCUT2D eigenvalue weighted by Gasteiger charge is 2.24. The van der Waals surface area contributed by atoms with Crippen molar-refractivity contribution < 1.29 is 14.3 Å². The van der Waals surface area contributed by atoms with Crippen molar-refractivity contribution in [2.45, 2.75) is 65.5 Å². The van der Waals surface area contributed by atoms with E-state index in [4.69, 9.17) is 4.74 Å². The molecule has 8 heteroatoms. The molecule has 1 N–H and O–H groups in total. The van der Waals surface area contributed by atoms with E-state index in [9.17, 15) is 14.4 Å². The maximum absolute atomic E-state index is 12.8. The number of ether oxygens (including phenoxy) is 1. The summed E-state index contributed by atoms with van der Waals surface area (Å²) in [6.45, 7) is 6.21. The maximum Gasteiger partial charge on any atom is 0.348 e. The van der Waals surface area contributed by atoms with E-state index in [-0.39, 0.29) is 30.1 Å². The van der Waals surface area contributed by atoms with Crippen LogP contribution >= 0.6 is 11.3 Å². The van der Waals surface area contributed by atoms with Crippen molar-refractivity contribution in [1.29, 1.82) is 0 Å². The third kappa shape index (κ3) is 4.60. The number of aryl methyl sites for hydroxylation is 1. The highest BCUT2D eigenvalue weighted by Crippen LogP contribution is 2.29. The van der Waals surface area contributed by atoms with E-state index in [0.717, 1.165) is 25.7 Å². The van der Waals surface area contributed by atoms with E-state index < -0.39 is 0 Å². The molecule has 152 valence electrons. The van der Waals surface area contributed by atoms with E-state index >= 15 is 0 Å². The lowest BCUT2D eigenvalue weighted by molar-refractivity contribution is -0.121. The molecule has 28 heavy (non-hydrogen) atoms. The van der Waals surface area contributed by atoms with Gasteiger partial charge in [-0.25, -0.2) is 9.78 Å². The summed E-state index contributed by atoms with van der Waals surface area (Å²) in [5.41, 5.74) is 0.269. The number of amides is 1. The number of carbonyl (C=O) groups is 2. The second kappa shape index (κ2) is 8.86. The minimum absolute atomic E-state index is 0.0415. The Morgan fingerprint density at radius 2 is 2.04 bits per heavy atom. The van der Waals surface area contributed by atoms with Crippen LogP contribution in [-0.4, -0.2) is 34.1 Å². The monoisotopic (exact) mass is 405 g/mol. The molecule has 2 heterocycles. The summed E-state index contributed by atoms with van der Waals surface area (Å²) in [6.07, 6.45) is 6.46. The van der Waals surface area contributed by atoms with Gasteiger partial charge >= 0.3 is 5.97 Å². The number of hydrogen-bond acceptors (Lipinski definition) is 6. The fraction of sp³-hybridized carbons (Fsp3) is 0.600. The molecule has 7 nitrogen and oxygen atoms in total. The molecule has 0 unspecified atom stereocenters. The molecule has 0 spiro atoms. The Labute approximate surface area is 168 Å². The predicted octanol–water partition coefficient (Wildman–Crippen LogP) is 3.03. The minimum atomic E-state index is -0.381. The van der Waals surface area contributed by atoms with Gasteiger partial charge in [0, 0.05) is 6.54 Å². The van der Waals surface area contributed by atoms with Gasteiger partial charge in [0.1, 0.15) is 22.4 Å². The van der Waals surface area contributed by atoms with Gasteiger partial charge in [0.25, 0.3) is 5.56 Å². The first-order valence-corrected chi connectivity index (χ1v) is 10.6. The first kappa shape index (κ1) is 20.5. The zero-order chi connectivity index (χ0) is 20.3. The maximum atomic E-state index is 12.8. The molecule has 2 aromatic rings. The van der Waals surface area contributed by atoms with Crippen molar-refractivity contribution in [3.05, 3.63) is 27.1 Å². The van der Waals surface area contributed by atoms with Crippen LogP contribution in [0.5, 0.6) is 0 Å². The van der Waals surface area contributed by atoms with Crippen LogP contribution in [0.15, 0.2) is 11.1 Å². The smallest absolute Gasteiger partial charge is 0.348 e. The summed E-state index contributed by atoms with van der Waals surface area (Å²) in [6, 6.07) is 0. The zero-order valence-corrected chi connectivity index (χ0v) is 17.4. The van der Waals surface area contributed by atoms with Crippen LogP contribution in [0.25, 0.3) is 10.2 Å². The molecule has 0 aromatic carbocycles. The summed E-state index contributed by atoms with van der Waals surface area (Å²) in [5, 5.41) is 3.18. The summed E-state index contributed by atoms with van der Waals surface area (Å²) < 4.78 is 6.93. The van der Waals surface area contributed by atoms with E-state index in [0.29, 0.717) is 33.1 Å². The molecule has 0 atom stereocenters. The largest absolute Gasteiger partial charge is 0.458 e. The Kier molecular flexibility index (Phi) is 6.49. The normalized spacial score (nSPS) is 15.1. The zero-order valence-electron chi connectivity index (χ0n) is 16.6. The van der Waals surface area contributed by atoms with Crippen molar-refractivity contribution >= 4 is 33.4 Å². The van der Waals surface area contributed by atoms with Gasteiger partial charge < -0.3 is 10.1 Å². The molecule has 0 saturated heterocycles. The van der Waals surface area contributed by atoms with Crippen LogP contribution in [-0.2, 0) is 16.1 Å². The average Bonchev–Trinajstić information content (AvgIpc) is 3.00. The van der Waals surface area contributed by atoms with Gasteiger partial charge in [-0.1, -0.05) is 20.3 Å². The second-order valence-electron chi connectivity index (χ2n) is 7.78. The van der Waals surface area contributed by atoms with E-state index in [1.165, 1.54) is 28.7 Å². The molecule has 2 aromatic heterocycles. The van der Waals surface area contributed by atoms with Gasteiger partial charge in [0.15, 0.2) is 0 Å². The number of aromatic nitrogens is 2. The van der Waals surface area contributed by atoms with Crippen LogP contribution in [0.1, 0.15) is 61.2 Å². The molecule has 0 aliphatic heterocycles. The third-order valence-electron chi connectivity index (χ3n) is 4.95. The number of nitrogens with zero attached hydrogens (tertiary/aromatic N) is 2. The molecule has 0 bridgehead atoms. The van der Waals surface area contributed by atoms with Crippen molar-refractivity contribution in [2.24, 2.45) is 5.92 Å². The predicted molar refractivity (Wildman–Crippen MR) is 109 cm³/mol. The van der Waals surface area contributed by atoms with Crippen molar-refractivity contribution in [3.8, 4) is 0 Å². The number of fused-ring (bicyclic) bond motifs is 1. The first-order chi connectivity index (χ1) is 13.4. The summed E-state index contributed by atoms with van der Waals surface area (Å²) in [4.78, 5) is 42.7. The molecular weight excluding hydrogens is 378 g/mol. The Bertz CT molecular complexity index is 925. The molecule has 1 saturated carbocycles. The Hall–Kier alpha value is -2.22. The van der Waals surface area contributed by atoms with Crippen LogP contribution < -0.4 is 10.9 Å². The number of esters is 1. The van der Waals surface area contributed by atoms with Crippen LogP contribution in [0.3, 0.4) is 0 Å². The molecule has 0 radical (unpaired) electrons. The van der Waals surface area contributed by atoms with E-state index in [2.05, 4.69) is 10.3 Å². The quantitative estimate of drug-likeness (QED) is 0.746. The second-order valence-corrected chi connectivity index (χ2v) is 8.78. The lowest BCUT2D eigenvalue weighted by Gasteiger charge is -2.21. The summed E-state index contributed by atoms with van der Waals surface area (Å²) >= 11 is 1.18. The first-order valence-electron chi connectivity index (χ1n) is 9.83. The van der Waals surface area contributed by atoms with Crippen molar-refractivity contribution in [3.63, 3.8) is 0 Å². The molecule has 1 fully saturated rings. The topological polar surface area (TPSA) is 90.3 Å². The SMILES string of the molecule is Cc1c(C(=O)OC2CCCCC2)sc2ncn(CC(=O)NCC(C)C)c(=O)c12. The van der Waals surface area contributed by atoms with Crippen molar-refractivity contribution in [2.75, 3.05) is 6.54 Å². The number of nitrogens with one attached hydrogen (secondary N) is 1. The number of thiophene rings is 1. The van der Waals surface area contributed by atoms with E-state index in [1.54, 1.807) is 6.92 Å². The Balaban J connectivity index is 1.81. The third-order valence-corrected chi connectivity index (χ3v) is 6.13. The van der Waals surface area contributed by atoms with Gasteiger partial charge in [-0.15, -0.1) is 11.3 Å². The lowest BCUT2D eigenvalue weighted by Crippen LogP contribution is -2.34. The lowest BCUT2D eigenvalue weighted by atomic mass is 9.98. The Morgan fingerprint density at radius 1 is 1.32 bits per heavy atom. The van der Waals surface area contributed by atoms with Crippen LogP contribution in [0.4, 0.5) is 0 Å². The van der Waals surface area contributed by atoms with Gasteiger partial charge in [-0.3, -0.25) is 14.2 Å². The fourth-order valence-corrected chi connectivity index (χ4v) is 4.41. The summed E-state index contributed by atoms with van der Waals surface area (Å²) in [7, 11) is 0.